The van der Waals surface area contributed by atoms with Crippen LogP contribution in [0.1, 0.15) is 5.56 Å². The number of carbonyl (C=O) groups is 2. The van der Waals surface area contributed by atoms with E-state index in [1.54, 1.807) is 41.8 Å². The Hall–Kier alpha value is -4.23. The van der Waals surface area contributed by atoms with E-state index >= 15 is 0 Å². The smallest absolute Gasteiger partial charge is 0.349 e. The van der Waals surface area contributed by atoms with E-state index in [4.69, 9.17) is 14.2 Å². The summed E-state index contributed by atoms with van der Waals surface area (Å²) in [5.41, 5.74) is 1.54. The quantitative estimate of drug-likeness (QED) is 0.345. The summed E-state index contributed by atoms with van der Waals surface area (Å²) in [5, 5.41) is 13.8. The first-order chi connectivity index (χ1) is 15.5. The van der Waals surface area contributed by atoms with Crippen LogP contribution in [0, 0.1) is 17.1 Å². The van der Waals surface area contributed by atoms with Gasteiger partial charge in [0.05, 0.1) is 5.69 Å². The minimum atomic E-state index is -0.938. The molecule has 2 heterocycles. The lowest BCUT2D eigenvalue weighted by Gasteiger charge is -2.04. The van der Waals surface area contributed by atoms with Crippen molar-refractivity contribution >= 4 is 34.4 Å². The van der Waals surface area contributed by atoms with Crippen LogP contribution in [0.15, 0.2) is 53.4 Å². The lowest BCUT2D eigenvalue weighted by atomic mass is 10.1. The summed E-state index contributed by atoms with van der Waals surface area (Å²) in [4.78, 5) is 28.5. The van der Waals surface area contributed by atoms with Crippen LogP contribution in [0.3, 0.4) is 0 Å². The first-order valence-corrected chi connectivity index (χ1v) is 10.1. The second-order valence-corrected chi connectivity index (χ2v) is 7.31. The molecule has 4 rings (SSSR count). The number of thiazole rings is 1. The fourth-order valence-corrected chi connectivity index (χ4v) is 3.49. The van der Waals surface area contributed by atoms with Crippen LogP contribution >= 0.6 is 11.3 Å². The fourth-order valence-electron chi connectivity index (χ4n) is 2.76. The predicted octanol–water partition coefficient (Wildman–Crippen LogP) is 3.77. The van der Waals surface area contributed by atoms with Gasteiger partial charge in [-0.2, -0.15) is 5.26 Å². The molecule has 3 aromatic rings. The molecule has 0 bridgehead atoms. The van der Waals surface area contributed by atoms with E-state index in [1.165, 1.54) is 29.5 Å². The number of benzene rings is 2. The standard InChI is InChI=1S/C22H14FN3O5S/c23-16-4-2-14(3-5-16)17-11-32-22(25-17)26-20(27)10-29-21(28)15(9-24)7-13-1-6-18-19(8-13)31-12-30-18/h1-8,11H,10,12H2,(H,25,26,27)/b15-7-. The molecule has 8 nitrogen and oxygen atoms in total. The van der Waals surface area contributed by atoms with E-state index < -0.39 is 18.5 Å². The summed E-state index contributed by atoms with van der Waals surface area (Å²) in [6, 6.07) is 12.5. The molecule has 0 saturated carbocycles. The zero-order valence-corrected chi connectivity index (χ0v) is 17.1. The van der Waals surface area contributed by atoms with Crippen molar-refractivity contribution in [3.63, 3.8) is 0 Å². The third-order valence-electron chi connectivity index (χ3n) is 4.27. The van der Waals surface area contributed by atoms with Gasteiger partial charge in [-0.1, -0.05) is 6.07 Å². The number of aromatic nitrogens is 1. The third kappa shape index (κ3) is 4.91. The van der Waals surface area contributed by atoms with Gasteiger partial charge in [-0.25, -0.2) is 14.2 Å². The summed E-state index contributed by atoms with van der Waals surface area (Å²) in [7, 11) is 0. The van der Waals surface area contributed by atoms with E-state index in [0.717, 1.165) is 0 Å². The number of hydrogen-bond donors (Lipinski definition) is 1. The molecule has 160 valence electrons. The summed E-state index contributed by atoms with van der Waals surface area (Å²) < 4.78 is 28.4. The maximum absolute atomic E-state index is 13.0. The molecule has 1 amide bonds. The molecule has 0 aliphatic carbocycles. The highest BCUT2D eigenvalue weighted by Gasteiger charge is 2.17. The number of nitrogens with one attached hydrogen (secondary N) is 1. The molecule has 0 fully saturated rings. The highest BCUT2D eigenvalue weighted by molar-refractivity contribution is 7.14. The summed E-state index contributed by atoms with van der Waals surface area (Å²) in [6.45, 7) is -0.486. The number of anilines is 1. The van der Waals surface area contributed by atoms with Crippen LogP contribution in [0.2, 0.25) is 0 Å². The van der Waals surface area contributed by atoms with E-state index in [-0.39, 0.29) is 18.2 Å². The molecular weight excluding hydrogens is 437 g/mol. The lowest BCUT2D eigenvalue weighted by molar-refractivity contribution is -0.142. The zero-order chi connectivity index (χ0) is 22.5. The third-order valence-corrected chi connectivity index (χ3v) is 5.03. The molecule has 10 heteroatoms. The Balaban J connectivity index is 1.33. The Kier molecular flexibility index (Phi) is 6.10. The van der Waals surface area contributed by atoms with Crippen LogP contribution < -0.4 is 14.8 Å². The highest BCUT2D eigenvalue weighted by atomic mass is 32.1. The monoisotopic (exact) mass is 451 g/mol. The maximum atomic E-state index is 13.0. The van der Waals surface area contributed by atoms with Crippen molar-refractivity contribution in [1.29, 1.82) is 5.26 Å². The number of carbonyl (C=O) groups excluding carboxylic acids is 2. The van der Waals surface area contributed by atoms with E-state index in [2.05, 4.69) is 10.3 Å². The molecule has 0 unspecified atom stereocenters. The fraction of sp³-hybridized carbons (Fsp3) is 0.0909. The predicted molar refractivity (Wildman–Crippen MR) is 113 cm³/mol. The summed E-state index contributed by atoms with van der Waals surface area (Å²) >= 11 is 1.17. The Morgan fingerprint density at radius 3 is 2.78 bits per heavy atom. The Morgan fingerprint density at radius 2 is 2.00 bits per heavy atom. The minimum Gasteiger partial charge on any atom is -0.454 e. The second kappa shape index (κ2) is 9.28. The number of nitrogens with zero attached hydrogens (tertiary/aromatic N) is 2. The number of nitriles is 1. The summed E-state index contributed by atoms with van der Waals surface area (Å²) in [6.07, 6.45) is 1.33. The van der Waals surface area contributed by atoms with Crippen molar-refractivity contribution in [2.24, 2.45) is 0 Å². The van der Waals surface area contributed by atoms with Crippen LogP contribution in [0.4, 0.5) is 9.52 Å². The van der Waals surface area contributed by atoms with Gasteiger partial charge in [-0.05, 0) is 48.0 Å². The molecule has 1 aliphatic rings. The second-order valence-electron chi connectivity index (χ2n) is 6.45. The normalized spacial score (nSPS) is 12.2. The van der Waals surface area contributed by atoms with E-state index in [1.807, 2.05) is 0 Å². The average Bonchev–Trinajstić information content (AvgIpc) is 3.45. The molecule has 32 heavy (non-hydrogen) atoms. The van der Waals surface area contributed by atoms with Gasteiger partial charge < -0.3 is 14.2 Å². The van der Waals surface area contributed by atoms with Crippen LogP contribution in [0.25, 0.3) is 17.3 Å². The zero-order valence-electron chi connectivity index (χ0n) is 16.3. The van der Waals surface area contributed by atoms with Gasteiger partial charge in [0.25, 0.3) is 5.91 Å². The Morgan fingerprint density at radius 1 is 1.22 bits per heavy atom. The molecule has 0 spiro atoms. The highest BCUT2D eigenvalue weighted by Crippen LogP contribution is 2.33. The largest absolute Gasteiger partial charge is 0.454 e. The topological polar surface area (TPSA) is 111 Å². The van der Waals surface area contributed by atoms with Crippen molar-refractivity contribution in [3.05, 3.63) is 64.8 Å². The van der Waals surface area contributed by atoms with Gasteiger partial charge in [0.1, 0.15) is 17.5 Å². The van der Waals surface area contributed by atoms with Crippen molar-refractivity contribution in [3.8, 4) is 28.8 Å². The number of rotatable bonds is 6. The molecule has 1 aromatic heterocycles. The van der Waals surface area contributed by atoms with Crippen molar-refractivity contribution < 1.29 is 28.2 Å². The van der Waals surface area contributed by atoms with Crippen molar-refractivity contribution in [1.82, 2.24) is 4.98 Å². The number of ether oxygens (including phenoxy) is 3. The van der Waals surface area contributed by atoms with Crippen LogP contribution in [-0.2, 0) is 14.3 Å². The van der Waals surface area contributed by atoms with E-state index in [9.17, 15) is 19.2 Å². The van der Waals surface area contributed by atoms with Gasteiger partial charge in [0, 0.05) is 10.9 Å². The molecule has 0 saturated heterocycles. The van der Waals surface area contributed by atoms with E-state index in [0.29, 0.717) is 33.5 Å². The lowest BCUT2D eigenvalue weighted by Crippen LogP contribution is -2.21. The average molecular weight is 451 g/mol. The molecule has 0 atom stereocenters. The minimum absolute atomic E-state index is 0.106. The number of hydrogen-bond acceptors (Lipinski definition) is 8. The van der Waals surface area contributed by atoms with Gasteiger partial charge in [-0.15, -0.1) is 11.3 Å². The van der Waals surface area contributed by atoms with Gasteiger partial charge in [-0.3, -0.25) is 10.1 Å². The van der Waals surface area contributed by atoms with Crippen LogP contribution in [-0.4, -0.2) is 30.3 Å². The van der Waals surface area contributed by atoms with Gasteiger partial charge in [0.15, 0.2) is 23.2 Å². The van der Waals surface area contributed by atoms with Crippen molar-refractivity contribution in [2.45, 2.75) is 0 Å². The number of esters is 1. The molecule has 0 radical (unpaired) electrons. The SMILES string of the molecule is N#C/C(=C/c1ccc2c(c1)OCO2)C(=O)OCC(=O)Nc1nc(-c2ccc(F)cc2)cs1. The molecule has 1 N–H and O–H groups in total. The number of fused-ring (bicyclic) bond motifs is 1. The molecular formula is C22H14FN3O5S. The van der Waals surface area contributed by atoms with Crippen molar-refractivity contribution in [2.75, 3.05) is 18.7 Å². The number of amides is 1. The Labute approximate surface area is 185 Å². The molecule has 1 aliphatic heterocycles. The first kappa shape index (κ1) is 21.0. The van der Waals surface area contributed by atoms with Crippen LogP contribution in [0.5, 0.6) is 11.5 Å². The first-order valence-electron chi connectivity index (χ1n) is 9.22. The van der Waals surface area contributed by atoms with Gasteiger partial charge >= 0.3 is 5.97 Å². The summed E-state index contributed by atoms with van der Waals surface area (Å²) in [5.74, 6) is -0.828. The van der Waals surface area contributed by atoms with Gasteiger partial charge in [0.2, 0.25) is 6.79 Å². The number of halogens is 1. The molecule has 2 aromatic carbocycles. The Bertz CT molecular complexity index is 1250. The maximum Gasteiger partial charge on any atom is 0.349 e.